The third kappa shape index (κ3) is 3.27. The molecule has 2 heterocycles. The van der Waals surface area contributed by atoms with Crippen molar-refractivity contribution in [3.05, 3.63) is 36.5 Å². The third-order valence-corrected chi connectivity index (χ3v) is 4.22. The summed E-state index contributed by atoms with van der Waals surface area (Å²) in [6, 6.07) is 10.2. The molecule has 1 fully saturated rings. The molecular formula is C17H23N3O. The summed E-state index contributed by atoms with van der Waals surface area (Å²) in [5.74, 6) is 0.117. The molecule has 4 heteroatoms. The minimum atomic E-state index is 0.117. The van der Waals surface area contributed by atoms with Crippen LogP contribution in [0.15, 0.2) is 36.5 Å². The fraction of sp³-hybridized carbons (Fsp3) is 0.471. The molecule has 2 aromatic rings. The molecule has 1 N–H and O–H groups in total. The van der Waals surface area contributed by atoms with Crippen LogP contribution in [0.3, 0.4) is 0 Å². The quantitative estimate of drug-likeness (QED) is 0.937. The maximum absolute atomic E-state index is 10.1. The number of likely N-dealkylation sites (tertiary alicyclic amines) is 1. The van der Waals surface area contributed by atoms with E-state index in [1.54, 1.807) is 0 Å². The number of rotatable bonds is 4. The molecule has 1 saturated heterocycles. The summed E-state index contributed by atoms with van der Waals surface area (Å²) in [4.78, 5) is 2.50. The van der Waals surface area contributed by atoms with Crippen LogP contribution >= 0.6 is 0 Å². The van der Waals surface area contributed by atoms with Crippen LogP contribution in [0.5, 0.6) is 5.88 Å². The van der Waals surface area contributed by atoms with E-state index in [-0.39, 0.29) is 11.9 Å². The lowest BCUT2D eigenvalue weighted by Crippen LogP contribution is -2.34. The molecule has 4 nitrogen and oxygen atoms in total. The standard InChI is InChI=1S/C17H23N3O/c1-14(12-19-10-6-3-7-11-19)20-13-16(17(21)18-20)15-8-4-2-5-9-15/h2,4-5,8-9,13-14H,3,6-7,10-12H2,1H3,(H,18,21). The Morgan fingerprint density at radius 3 is 2.57 bits per heavy atom. The lowest BCUT2D eigenvalue weighted by atomic mass is 10.1. The van der Waals surface area contributed by atoms with Crippen molar-refractivity contribution in [1.82, 2.24) is 14.7 Å². The molecule has 3 rings (SSSR count). The average Bonchev–Trinajstić information content (AvgIpc) is 2.91. The van der Waals surface area contributed by atoms with E-state index in [0.717, 1.165) is 17.7 Å². The topological polar surface area (TPSA) is 41.3 Å². The molecule has 0 aliphatic carbocycles. The van der Waals surface area contributed by atoms with Crippen LogP contribution < -0.4 is 0 Å². The Balaban J connectivity index is 1.74. The van der Waals surface area contributed by atoms with E-state index in [9.17, 15) is 5.11 Å². The van der Waals surface area contributed by atoms with Crippen molar-refractivity contribution < 1.29 is 5.11 Å². The van der Waals surface area contributed by atoms with Gasteiger partial charge in [-0.1, -0.05) is 36.8 Å². The average molecular weight is 285 g/mol. The minimum Gasteiger partial charge on any atom is -0.492 e. The van der Waals surface area contributed by atoms with Crippen molar-refractivity contribution in [1.29, 1.82) is 0 Å². The first kappa shape index (κ1) is 14.1. The van der Waals surface area contributed by atoms with Crippen molar-refractivity contribution in [3.8, 4) is 17.0 Å². The van der Waals surface area contributed by atoms with Crippen LogP contribution in [0.2, 0.25) is 0 Å². The second-order valence-corrected chi connectivity index (χ2v) is 5.92. The largest absolute Gasteiger partial charge is 0.492 e. The molecule has 1 aliphatic rings. The molecule has 0 spiro atoms. The Labute approximate surface area is 126 Å². The highest BCUT2D eigenvalue weighted by Crippen LogP contribution is 2.28. The highest BCUT2D eigenvalue weighted by atomic mass is 16.3. The second kappa shape index (κ2) is 6.31. The van der Waals surface area contributed by atoms with E-state index in [1.807, 2.05) is 41.2 Å². The zero-order chi connectivity index (χ0) is 14.7. The Kier molecular flexibility index (Phi) is 4.25. The fourth-order valence-electron chi connectivity index (χ4n) is 3.03. The number of piperidine rings is 1. The van der Waals surface area contributed by atoms with Gasteiger partial charge in [0.1, 0.15) is 0 Å². The Hall–Kier alpha value is -1.81. The summed E-state index contributed by atoms with van der Waals surface area (Å²) in [5, 5.41) is 14.4. The molecule has 1 aromatic heterocycles. The predicted molar refractivity (Wildman–Crippen MR) is 84.3 cm³/mol. The van der Waals surface area contributed by atoms with Gasteiger partial charge in [0.15, 0.2) is 0 Å². The zero-order valence-electron chi connectivity index (χ0n) is 12.6. The molecular weight excluding hydrogens is 262 g/mol. The van der Waals surface area contributed by atoms with Gasteiger partial charge >= 0.3 is 0 Å². The lowest BCUT2D eigenvalue weighted by Gasteiger charge is -2.29. The highest BCUT2D eigenvalue weighted by molar-refractivity contribution is 5.67. The Morgan fingerprint density at radius 2 is 1.86 bits per heavy atom. The van der Waals surface area contributed by atoms with Crippen molar-refractivity contribution in [3.63, 3.8) is 0 Å². The van der Waals surface area contributed by atoms with Crippen LogP contribution in [-0.4, -0.2) is 39.4 Å². The van der Waals surface area contributed by atoms with Crippen molar-refractivity contribution in [2.45, 2.75) is 32.2 Å². The lowest BCUT2D eigenvalue weighted by molar-refractivity contribution is 0.196. The van der Waals surface area contributed by atoms with E-state index >= 15 is 0 Å². The number of hydrogen-bond donors (Lipinski definition) is 1. The van der Waals surface area contributed by atoms with Gasteiger partial charge in [-0.25, -0.2) is 0 Å². The molecule has 1 unspecified atom stereocenters. The summed E-state index contributed by atoms with van der Waals surface area (Å²) in [6.45, 7) is 5.53. The summed E-state index contributed by atoms with van der Waals surface area (Å²) < 4.78 is 1.90. The number of aromatic nitrogens is 2. The monoisotopic (exact) mass is 285 g/mol. The number of nitrogens with zero attached hydrogens (tertiary/aromatic N) is 3. The van der Waals surface area contributed by atoms with Crippen molar-refractivity contribution in [2.75, 3.05) is 19.6 Å². The van der Waals surface area contributed by atoms with Crippen LogP contribution in [0.4, 0.5) is 0 Å². The van der Waals surface area contributed by atoms with Gasteiger partial charge in [-0.15, -0.1) is 5.10 Å². The van der Waals surface area contributed by atoms with Crippen LogP contribution in [0.25, 0.3) is 11.1 Å². The van der Waals surface area contributed by atoms with Gasteiger partial charge in [0.05, 0.1) is 11.6 Å². The minimum absolute atomic E-state index is 0.117. The van der Waals surface area contributed by atoms with E-state index < -0.39 is 0 Å². The van der Waals surface area contributed by atoms with Gasteiger partial charge in [-0.3, -0.25) is 4.68 Å². The van der Waals surface area contributed by atoms with Crippen LogP contribution in [-0.2, 0) is 0 Å². The molecule has 1 aromatic carbocycles. The molecule has 0 saturated carbocycles. The molecule has 21 heavy (non-hydrogen) atoms. The fourth-order valence-corrected chi connectivity index (χ4v) is 3.03. The molecule has 0 amide bonds. The highest BCUT2D eigenvalue weighted by Gasteiger charge is 2.17. The van der Waals surface area contributed by atoms with Crippen molar-refractivity contribution >= 4 is 0 Å². The predicted octanol–water partition coefficient (Wildman–Crippen LogP) is 3.30. The summed E-state index contributed by atoms with van der Waals surface area (Å²) in [7, 11) is 0. The van der Waals surface area contributed by atoms with Gasteiger partial charge in [-0.2, -0.15) is 0 Å². The van der Waals surface area contributed by atoms with Gasteiger partial charge in [-0.05, 0) is 38.4 Å². The number of benzene rings is 1. The zero-order valence-corrected chi connectivity index (χ0v) is 12.6. The first-order valence-corrected chi connectivity index (χ1v) is 7.80. The SMILES string of the molecule is CC(CN1CCCCC1)n1cc(-c2ccccc2)c(O)n1. The first-order valence-electron chi connectivity index (χ1n) is 7.80. The van der Waals surface area contributed by atoms with Crippen LogP contribution in [0, 0.1) is 0 Å². The molecule has 112 valence electrons. The van der Waals surface area contributed by atoms with E-state index in [2.05, 4.69) is 16.9 Å². The van der Waals surface area contributed by atoms with E-state index in [1.165, 1.54) is 32.4 Å². The maximum Gasteiger partial charge on any atom is 0.238 e. The molecule has 1 atom stereocenters. The van der Waals surface area contributed by atoms with Gasteiger partial charge < -0.3 is 10.0 Å². The second-order valence-electron chi connectivity index (χ2n) is 5.92. The first-order chi connectivity index (χ1) is 10.2. The summed E-state index contributed by atoms with van der Waals surface area (Å²) in [5.41, 5.74) is 1.81. The molecule has 1 aliphatic heterocycles. The van der Waals surface area contributed by atoms with Gasteiger partial charge in [0.25, 0.3) is 0 Å². The maximum atomic E-state index is 10.1. The van der Waals surface area contributed by atoms with Gasteiger partial charge in [0.2, 0.25) is 5.88 Å². The Bertz CT molecular complexity index is 573. The smallest absolute Gasteiger partial charge is 0.238 e. The summed E-state index contributed by atoms with van der Waals surface area (Å²) in [6.07, 6.45) is 5.91. The van der Waals surface area contributed by atoms with E-state index in [4.69, 9.17) is 0 Å². The number of aromatic hydroxyl groups is 1. The Morgan fingerprint density at radius 1 is 1.14 bits per heavy atom. The van der Waals surface area contributed by atoms with E-state index in [0.29, 0.717) is 0 Å². The molecule has 0 radical (unpaired) electrons. The molecule has 0 bridgehead atoms. The third-order valence-electron chi connectivity index (χ3n) is 4.22. The summed E-state index contributed by atoms with van der Waals surface area (Å²) >= 11 is 0. The number of hydrogen-bond acceptors (Lipinski definition) is 3. The normalized spacial score (nSPS) is 17.8. The van der Waals surface area contributed by atoms with Gasteiger partial charge in [0, 0.05) is 12.7 Å². The van der Waals surface area contributed by atoms with Crippen molar-refractivity contribution in [2.24, 2.45) is 0 Å². The van der Waals surface area contributed by atoms with Crippen LogP contribution in [0.1, 0.15) is 32.2 Å².